The summed E-state index contributed by atoms with van der Waals surface area (Å²) in [4.78, 5) is 27.7. The molecule has 1 aliphatic rings. The Morgan fingerprint density at radius 1 is 1.03 bits per heavy atom. The summed E-state index contributed by atoms with van der Waals surface area (Å²) in [5, 5.41) is 2.85. The largest absolute Gasteiger partial charge is 0.444 e. The zero-order valence-electron chi connectivity index (χ0n) is 18.6. The third-order valence-corrected chi connectivity index (χ3v) is 6.27. The van der Waals surface area contributed by atoms with Crippen LogP contribution in [0, 0.1) is 5.92 Å². The van der Waals surface area contributed by atoms with E-state index in [4.69, 9.17) is 4.74 Å². The van der Waals surface area contributed by atoms with Crippen molar-refractivity contribution in [2.45, 2.75) is 49.9 Å². The Hall–Kier alpha value is -2.47. The highest BCUT2D eigenvalue weighted by atomic mass is 32.2. The van der Waals surface area contributed by atoms with Gasteiger partial charge in [0.1, 0.15) is 5.60 Å². The van der Waals surface area contributed by atoms with Gasteiger partial charge in [0.25, 0.3) is 5.91 Å². The number of ether oxygens (including phenoxy) is 1. The van der Waals surface area contributed by atoms with E-state index < -0.39 is 5.60 Å². The number of nitrogens with zero attached hydrogens (tertiary/aromatic N) is 1. The van der Waals surface area contributed by atoms with Crippen molar-refractivity contribution in [1.29, 1.82) is 0 Å². The van der Waals surface area contributed by atoms with E-state index in [0.29, 0.717) is 25.6 Å². The SMILES string of the molecule is CC(C)(C)OC(=O)NCC1CCN(C(=O)c2ccc(SCc3ccccc3)cc2)CC1. The molecule has 0 aliphatic carbocycles. The van der Waals surface area contributed by atoms with Gasteiger partial charge in [0.15, 0.2) is 0 Å². The molecule has 31 heavy (non-hydrogen) atoms. The van der Waals surface area contributed by atoms with Gasteiger partial charge in [-0.3, -0.25) is 4.79 Å². The van der Waals surface area contributed by atoms with Gasteiger partial charge >= 0.3 is 6.09 Å². The van der Waals surface area contributed by atoms with Gasteiger partial charge in [-0.25, -0.2) is 4.79 Å². The first-order valence-corrected chi connectivity index (χ1v) is 11.8. The standard InChI is InChI=1S/C25H32N2O3S/c1-25(2,3)30-24(29)26-17-19-13-15-27(16-14-19)23(28)21-9-11-22(12-10-21)31-18-20-7-5-4-6-8-20/h4-12,19H,13-18H2,1-3H3,(H,26,29). The summed E-state index contributed by atoms with van der Waals surface area (Å²) in [6.45, 7) is 7.57. The molecule has 1 aliphatic heterocycles. The lowest BCUT2D eigenvalue weighted by Crippen LogP contribution is -2.42. The van der Waals surface area contributed by atoms with Crippen molar-refractivity contribution in [3.8, 4) is 0 Å². The molecule has 0 saturated carbocycles. The Kier molecular flexibility index (Phi) is 8.02. The smallest absolute Gasteiger partial charge is 0.407 e. The summed E-state index contributed by atoms with van der Waals surface area (Å²) in [6, 6.07) is 18.3. The van der Waals surface area contributed by atoms with E-state index in [9.17, 15) is 9.59 Å². The number of piperidine rings is 1. The van der Waals surface area contributed by atoms with Crippen LogP contribution in [0.25, 0.3) is 0 Å². The zero-order chi connectivity index (χ0) is 22.3. The minimum absolute atomic E-state index is 0.0816. The predicted octanol–water partition coefficient (Wildman–Crippen LogP) is 5.36. The van der Waals surface area contributed by atoms with Crippen LogP contribution in [0.2, 0.25) is 0 Å². The Bertz CT molecular complexity index is 855. The van der Waals surface area contributed by atoms with Crippen LogP contribution in [-0.2, 0) is 10.5 Å². The molecule has 166 valence electrons. The fraction of sp³-hybridized carbons (Fsp3) is 0.440. The summed E-state index contributed by atoms with van der Waals surface area (Å²) in [6.07, 6.45) is 1.38. The van der Waals surface area contributed by atoms with E-state index in [-0.39, 0.29) is 12.0 Å². The maximum absolute atomic E-state index is 12.8. The van der Waals surface area contributed by atoms with Crippen molar-refractivity contribution >= 4 is 23.8 Å². The van der Waals surface area contributed by atoms with E-state index in [1.165, 1.54) is 5.56 Å². The number of nitrogens with one attached hydrogen (secondary N) is 1. The van der Waals surface area contributed by atoms with Crippen LogP contribution in [0.5, 0.6) is 0 Å². The van der Waals surface area contributed by atoms with E-state index >= 15 is 0 Å². The van der Waals surface area contributed by atoms with Crippen molar-refractivity contribution in [1.82, 2.24) is 10.2 Å². The number of hydrogen-bond donors (Lipinski definition) is 1. The summed E-state index contributed by atoms with van der Waals surface area (Å²) >= 11 is 1.77. The van der Waals surface area contributed by atoms with Gasteiger partial charge in [0, 0.05) is 35.8 Å². The molecule has 0 radical (unpaired) electrons. The van der Waals surface area contributed by atoms with Crippen LogP contribution in [-0.4, -0.2) is 42.1 Å². The highest BCUT2D eigenvalue weighted by molar-refractivity contribution is 7.98. The lowest BCUT2D eigenvalue weighted by Gasteiger charge is -2.32. The topological polar surface area (TPSA) is 58.6 Å². The maximum atomic E-state index is 12.8. The van der Waals surface area contributed by atoms with Crippen molar-refractivity contribution < 1.29 is 14.3 Å². The van der Waals surface area contributed by atoms with Crippen molar-refractivity contribution in [3.05, 3.63) is 65.7 Å². The Labute approximate surface area is 189 Å². The highest BCUT2D eigenvalue weighted by Gasteiger charge is 2.24. The summed E-state index contributed by atoms with van der Waals surface area (Å²) < 4.78 is 5.28. The van der Waals surface area contributed by atoms with Gasteiger partial charge in [-0.05, 0) is 69.4 Å². The van der Waals surface area contributed by atoms with Gasteiger partial charge in [-0.2, -0.15) is 0 Å². The number of likely N-dealkylation sites (tertiary alicyclic amines) is 1. The second-order valence-electron chi connectivity index (χ2n) is 8.92. The lowest BCUT2D eigenvalue weighted by molar-refractivity contribution is 0.0500. The first-order chi connectivity index (χ1) is 14.8. The lowest BCUT2D eigenvalue weighted by atomic mass is 9.96. The molecular weight excluding hydrogens is 408 g/mol. The minimum Gasteiger partial charge on any atom is -0.444 e. The van der Waals surface area contributed by atoms with Crippen molar-refractivity contribution in [2.24, 2.45) is 5.92 Å². The molecule has 5 nitrogen and oxygen atoms in total. The highest BCUT2D eigenvalue weighted by Crippen LogP contribution is 2.24. The van der Waals surface area contributed by atoms with Crippen molar-refractivity contribution in [3.63, 3.8) is 0 Å². The number of carbonyl (C=O) groups excluding carboxylic acids is 2. The van der Waals surface area contributed by atoms with E-state index in [0.717, 1.165) is 29.1 Å². The molecule has 0 bridgehead atoms. The van der Waals surface area contributed by atoms with Gasteiger partial charge in [-0.15, -0.1) is 11.8 Å². The molecular formula is C25H32N2O3S. The minimum atomic E-state index is -0.491. The number of hydrogen-bond acceptors (Lipinski definition) is 4. The normalized spacial score (nSPS) is 14.9. The summed E-state index contributed by atoms with van der Waals surface area (Å²) in [7, 11) is 0. The monoisotopic (exact) mass is 440 g/mol. The molecule has 6 heteroatoms. The molecule has 0 atom stereocenters. The van der Waals surface area contributed by atoms with E-state index in [2.05, 4.69) is 29.6 Å². The first kappa shape index (κ1) is 23.2. The van der Waals surface area contributed by atoms with Crippen LogP contribution in [0.15, 0.2) is 59.5 Å². The summed E-state index contributed by atoms with van der Waals surface area (Å²) in [5.41, 5.74) is 1.53. The molecule has 0 aromatic heterocycles. The van der Waals surface area contributed by atoms with Gasteiger partial charge in [0.2, 0.25) is 0 Å². The molecule has 0 spiro atoms. The average Bonchev–Trinajstić information content (AvgIpc) is 2.76. The number of benzene rings is 2. The van der Waals surface area contributed by atoms with Gasteiger partial charge in [-0.1, -0.05) is 30.3 Å². The molecule has 1 heterocycles. The summed E-state index contributed by atoms with van der Waals surface area (Å²) in [5.74, 6) is 1.37. The molecule has 2 aromatic carbocycles. The third-order valence-electron chi connectivity index (χ3n) is 5.19. The van der Waals surface area contributed by atoms with Crippen LogP contribution >= 0.6 is 11.8 Å². The van der Waals surface area contributed by atoms with Crippen LogP contribution in [0.1, 0.15) is 49.5 Å². The van der Waals surface area contributed by atoms with E-state index in [1.807, 2.05) is 56.0 Å². The number of alkyl carbamates (subject to hydrolysis) is 1. The second kappa shape index (κ2) is 10.7. The Morgan fingerprint density at radius 3 is 2.29 bits per heavy atom. The third kappa shape index (κ3) is 7.62. The number of rotatable bonds is 6. The second-order valence-corrected chi connectivity index (χ2v) is 9.97. The van der Waals surface area contributed by atoms with Crippen LogP contribution in [0.4, 0.5) is 4.79 Å². The molecule has 2 amide bonds. The molecule has 1 fully saturated rings. The van der Waals surface area contributed by atoms with E-state index in [1.54, 1.807) is 11.8 Å². The predicted molar refractivity (Wildman–Crippen MR) is 125 cm³/mol. The fourth-order valence-corrected chi connectivity index (χ4v) is 4.35. The molecule has 2 aromatic rings. The molecule has 0 unspecified atom stereocenters. The molecule has 3 rings (SSSR count). The van der Waals surface area contributed by atoms with Gasteiger partial charge in [0.05, 0.1) is 0 Å². The maximum Gasteiger partial charge on any atom is 0.407 e. The Balaban J connectivity index is 1.42. The van der Waals surface area contributed by atoms with Crippen molar-refractivity contribution in [2.75, 3.05) is 19.6 Å². The number of amides is 2. The van der Waals surface area contributed by atoms with Crippen LogP contribution < -0.4 is 5.32 Å². The molecule has 1 N–H and O–H groups in total. The average molecular weight is 441 g/mol. The number of carbonyl (C=O) groups is 2. The quantitative estimate of drug-likeness (QED) is 0.615. The van der Waals surface area contributed by atoms with Crippen LogP contribution in [0.3, 0.4) is 0 Å². The van der Waals surface area contributed by atoms with Gasteiger partial charge < -0.3 is 15.0 Å². The zero-order valence-corrected chi connectivity index (χ0v) is 19.4. The number of thioether (sulfide) groups is 1. The fourth-order valence-electron chi connectivity index (χ4n) is 3.50. The first-order valence-electron chi connectivity index (χ1n) is 10.8. The molecule has 1 saturated heterocycles. The Morgan fingerprint density at radius 2 is 1.68 bits per heavy atom.